The van der Waals surface area contributed by atoms with Crippen LogP contribution in [0.15, 0.2) is 42.5 Å². The Labute approximate surface area is 133 Å². The summed E-state index contributed by atoms with van der Waals surface area (Å²) in [6.45, 7) is 9.31. The number of rotatable bonds is 5. The van der Waals surface area contributed by atoms with Crippen molar-refractivity contribution in [3.05, 3.63) is 59.2 Å². The fourth-order valence-electron chi connectivity index (χ4n) is 2.44. The number of carbonyl (C=O) groups excluding carboxylic acids is 1. The van der Waals surface area contributed by atoms with Crippen molar-refractivity contribution in [1.29, 1.82) is 0 Å². The Hall–Kier alpha value is -2.29. The van der Waals surface area contributed by atoms with Crippen LogP contribution in [0.5, 0.6) is 0 Å². The van der Waals surface area contributed by atoms with Crippen molar-refractivity contribution < 1.29 is 4.79 Å². The number of hydrogen-bond acceptors (Lipinski definition) is 2. The van der Waals surface area contributed by atoms with E-state index in [4.69, 9.17) is 0 Å². The molecule has 0 unspecified atom stereocenters. The molecule has 0 saturated heterocycles. The predicted molar refractivity (Wildman–Crippen MR) is 93.6 cm³/mol. The second-order valence-electron chi connectivity index (χ2n) is 5.72. The van der Waals surface area contributed by atoms with Crippen LogP contribution in [-0.2, 0) is 4.79 Å². The van der Waals surface area contributed by atoms with Crippen LogP contribution in [-0.4, -0.2) is 19.0 Å². The molecule has 22 heavy (non-hydrogen) atoms. The van der Waals surface area contributed by atoms with Gasteiger partial charge < -0.3 is 10.2 Å². The SMILES string of the molecule is CCN(CC(=O)Nc1cc(C)ccc1C)c1cccc(C)c1. The van der Waals surface area contributed by atoms with Crippen molar-refractivity contribution >= 4 is 17.3 Å². The minimum absolute atomic E-state index is 0.0112. The number of carbonyl (C=O) groups is 1. The number of likely N-dealkylation sites (N-methyl/N-ethyl adjacent to an activating group) is 1. The van der Waals surface area contributed by atoms with Crippen LogP contribution in [0.4, 0.5) is 11.4 Å². The Morgan fingerprint density at radius 1 is 1.05 bits per heavy atom. The molecule has 2 aromatic rings. The van der Waals surface area contributed by atoms with E-state index in [1.165, 1.54) is 5.56 Å². The second-order valence-corrected chi connectivity index (χ2v) is 5.72. The number of hydrogen-bond donors (Lipinski definition) is 1. The average molecular weight is 296 g/mol. The summed E-state index contributed by atoms with van der Waals surface area (Å²) in [5.74, 6) is 0.0112. The number of nitrogens with one attached hydrogen (secondary N) is 1. The molecule has 0 heterocycles. The molecule has 0 aromatic heterocycles. The molecular formula is C19H24N2O. The van der Waals surface area contributed by atoms with E-state index < -0.39 is 0 Å². The zero-order chi connectivity index (χ0) is 16.1. The molecule has 116 valence electrons. The third kappa shape index (κ3) is 4.10. The number of aryl methyl sites for hydroxylation is 3. The van der Waals surface area contributed by atoms with Gasteiger partial charge in [0.1, 0.15) is 0 Å². The van der Waals surface area contributed by atoms with E-state index in [1.807, 2.05) is 38.1 Å². The van der Waals surface area contributed by atoms with Crippen molar-refractivity contribution in [3.8, 4) is 0 Å². The quantitative estimate of drug-likeness (QED) is 0.901. The van der Waals surface area contributed by atoms with Gasteiger partial charge >= 0.3 is 0 Å². The maximum Gasteiger partial charge on any atom is 0.243 e. The van der Waals surface area contributed by atoms with Gasteiger partial charge in [-0.3, -0.25) is 4.79 Å². The van der Waals surface area contributed by atoms with Gasteiger partial charge in [0.05, 0.1) is 6.54 Å². The summed E-state index contributed by atoms with van der Waals surface area (Å²) >= 11 is 0. The van der Waals surface area contributed by atoms with Gasteiger partial charge in [-0.05, 0) is 62.6 Å². The number of nitrogens with zero attached hydrogens (tertiary/aromatic N) is 1. The zero-order valence-electron chi connectivity index (χ0n) is 13.8. The fourth-order valence-corrected chi connectivity index (χ4v) is 2.44. The van der Waals surface area contributed by atoms with Gasteiger partial charge in [0, 0.05) is 17.9 Å². The molecule has 0 atom stereocenters. The molecule has 2 aromatic carbocycles. The molecule has 0 aliphatic heterocycles. The van der Waals surface area contributed by atoms with Gasteiger partial charge in [-0.1, -0.05) is 24.3 Å². The van der Waals surface area contributed by atoms with Crippen LogP contribution in [0.1, 0.15) is 23.6 Å². The molecule has 3 nitrogen and oxygen atoms in total. The summed E-state index contributed by atoms with van der Waals surface area (Å²) < 4.78 is 0. The fraction of sp³-hybridized carbons (Fsp3) is 0.316. The summed E-state index contributed by atoms with van der Waals surface area (Å²) in [5, 5.41) is 3.02. The van der Waals surface area contributed by atoms with E-state index in [1.54, 1.807) is 0 Å². The smallest absolute Gasteiger partial charge is 0.243 e. The van der Waals surface area contributed by atoms with Crippen molar-refractivity contribution in [2.75, 3.05) is 23.3 Å². The predicted octanol–water partition coefficient (Wildman–Crippen LogP) is 4.08. The first kappa shape index (κ1) is 16.1. The summed E-state index contributed by atoms with van der Waals surface area (Å²) in [6.07, 6.45) is 0. The maximum absolute atomic E-state index is 12.4. The van der Waals surface area contributed by atoms with Gasteiger partial charge in [0.25, 0.3) is 0 Å². The summed E-state index contributed by atoms with van der Waals surface area (Å²) in [7, 11) is 0. The number of amides is 1. The van der Waals surface area contributed by atoms with Crippen molar-refractivity contribution in [1.82, 2.24) is 0 Å². The number of anilines is 2. The van der Waals surface area contributed by atoms with Crippen LogP contribution in [0.2, 0.25) is 0 Å². The highest BCUT2D eigenvalue weighted by atomic mass is 16.2. The molecule has 0 aliphatic rings. The molecule has 1 N–H and O–H groups in total. The van der Waals surface area contributed by atoms with Gasteiger partial charge in [0.2, 0.25) is 5.91 Å². The van der Waals surface area contributed by atoms with Crippen LogP contribution in [0.3, 0.4) is 0 Å². The molecular weight excluding hydrogens is 272 g/mol. The monoisotopic (exact) mass is 296 g/mol. The lowest BCUT2D eigenvalue weighted by Gasteiger charge is -2.23. The third-order valence-electron chi connectivity index (χ3n) is 3.75. The first-order valence-electron chi connectivity index (χ1n) is 7.68. The molecule has 0 spiro atoms. The van der Waals surface area contributed by atoms with Gasteiger partial charge in [-0.15, -0.1) is 0 Å². The molecule has 0 aliphatic carbocycles. The van der Waals surface area contributed by atoms with Gasteiger partial charge in [-0.25, -0.2) is 0 Å². The first-order valence-corrected chi connectivity index (χ1v) is 7.68. The highest BCUT2D eigenvalue weighted by Crippen LogP contribution is 2.18. The Balaban J connectivity index is 2.08. The average Bonchev–Trinajstić information content (AvgIpc) is 2.48. The lowest BCUT2D eigenvalue weighted by atomic mass is 10.1. The largest absolute Gasteiger partial charge is 0.362 e. The molecule has 3 heteroatoms. The standard InChI is InChI=1S/C19H24N2O/c1-5-21(17-8-6-7-14(2)11-17)13-19(22)20-18-12-15(3)9-10-16(18)4/h6-12H,5,13H2,1-4H3,(H,20,22). The van der Waals surface area contributed by atoms with Crippen molar-refractivity contribution in [2.24, 2.45) is 0 Å². The lowest BCUT2D eigenvalue weighted by Crippen LogP contribution is -2.33. The zero-order valence-corrected chi connectivity index (χ0v) is 13.8. The molecule has 2 rings (SSSR count). The Morgan fingerprint density at radius 3 is 2.45 bits per heavy atom. The minimum atomic E-state index is 0.0112. The van der Waals surface area contributed by atoms with E-state index in [9.17, 15) is 4.79 Å². The maximum atomic E-state index is 12.4. The van der Waals surface area contributed by atoms with E-state index in [0.29, 0.717) is 6.54 Å². The first-order chi connectivity index (χ1) is 10.5. The van der Waals surface area contributed by atoms with Gasteiger partial charge in [-0.2, -0.15) is 0 Å². The van der Waals surface area contributed by atoms with Crippen LogP contribution >= 0.6 is 0 Å². The lowest BCUT2D eigenvalue weighted by molar-refractivity contribution is -0.115. The highest BCUT2D eigenvalue weighted by molar-refractivity contribution is 5.94. The minimum Gasteiger partial charge on any atom is -0.362 e. The molecule has 0 fully saturated rings. The molecule has 0 radical (unpaired) electrons. The Kier molecular flexibility index (Phi) is 5.21. The van der Waals surface area contributed by atoms with E-state index >= 15 is 0 Å². The van der Waals surface area contributed by atoms with Crippen LogP contribution in [0, 0.1) is 20.8 Å². The van der Waals surface area contributed by atoms with E-state index in [2.05, 4.69) is 42.3 Å². The van der Waals surface area contributed by atoms with Crippen molar-refractivity contribution in [2.45, 2.75) is 27.7 Å². The van der Waals surface area contributed by atoms with E-state index in [0.717, 1.165) is 29.0 Å². The molecule has 0 saturated carbocycles. The van der Waals surface area contributed by atoms with Crippen LogP contribution in [0.25, 0.3) is 0 Å². The summed E-state index contributed by atoms with van der Waals surface area (Å²) in [5.41, 5.74) is 5.40. The molecule has 1 amide bonds. The number of benzene rings is 2. The van der Waals surface area contributed by atoms with Gasteiger partial charge in [0.15, 0.2) is 0 Å². The second kappa shape index (κ2) is 7.12. The Bertz CT molecular complexity index is 664. The normalized spacial score (nSPS) is 10.4. The van der Waals surface area contributed by atoms with Crippen LogP contribution < -0.4 is 10.2 Å². The molecule has 0 bridgehead atoms. The van der Waals surface area contributed by atoms with E-state index in [-0.39, 0.29) is 5.91 Å². The highest BCUT2D eigenvalue weighted by Gasteiger charge is 2.11. The third-order valence-corrected chi connectivity index (χ3v) is 3.75. The topological polar surface area (TPSA) is 32.3 Å². The Morgan fingerprint density at radius 2 is 1.77 bits per heavy atom. The summed E-state index contributed by atoms with van der Waals surface area (Å²) in [6, 6.07) is 14.3. The van der Waals surface area contributed by atoms with Crippen molar-refractivity contribution in [3.63, 3.8) is 0 Å². The summed E-state index contributed by atoms with van der Waals surface area (Å²) in [4.78, 5) is 14.4.